The van der Waals surface area contributed by atoms with Crippen molar-refractivity contribution in [3.05, 3.63) is 58.4 Å². The first kappa shape index (κ1) is 13.0. The van der Waals surface area contributed by atoms with Gasteiger partial charge in [-0.2, -0.15) is 4.98 Å². The summed E-state index contributed by atoms with van der Waals surface area (Å²) in [4.78, 5) is 5.45. The third kappa shape index (κ3) is 3.12. The van der Waals surface area contributed by atoms with Crippen LogP contribution in [-0.2, 0) is 13.1 Å². The second kappa shape index (κ2) is 5.98. The van der Waals surface area contributed by atoms with Gasteiger partial charge in [0.05, 0.1) is 6.54 Å². The lowest BCUT2D eigenvalue weighted by molar-refractivity contribution is 0.385. The van der Waals surface area contributed by atoms with E-state index in [-0.39, 0.29) is 0 Å². The van der Waals surface area contributed by atoms with E-state index >= 15 is 0 Å². The molecule has 0 aliphatic carbocycles. The van der Waals surface area contributed by atoms with Crippen molar-refractivity contribution in [2.75, 3.05) is 0 Å². The summed E-state index contributed by atoms with van der Waals surface area (Å²) in [6.07, 6.45) is 0. The molecule has 102 valence electrons. The zero-order valence-corrected chi connectivity index (χ0v) is 12.0. The van der Waals surface area contributed by atoms with Crippen molar-refractivity contribution in [3.8, 4) is 11.1 Å². The Labute approximate surface area is 121 Å². The van der Waals surface area contributed by atoms with E-state index in [1.54, 1.807) is 18.3 Å². The van der Waals surface area contributed by atoms with Crippen LogP contribution in [-0.4, -0.2) is 10.1 Å². The van der Waals surface area contributed by atoms with Crippen LogP contribution in [0.2, 0.25) is 0 Å². The zero-order valence-electron chi connectivity index (χ0n) is 11.2. The Bertz CT molecular complexity index is 675. The van der Waals surface area contributed by atoms with Crippen molar-refractivity contribution in [2.45, 2.75) is 20.0 Å². The monoisotopic (exact) mass is 285 g/mol. The molecule has 0 aliphatic rings. The molecule has 0 aliphatic heterocycles. The van der Waals surface area contributed by atoms with Gasteiger partial charge >= 0.3 is 0 Å². The summed E-state index contributed by atoms with van der Waals surface area (Å²) in [5, 5.41) is 9.36. The summed E-state index contributed by atoms with van der Waals surface area (Å²) >= 11 is 1.76. The minimum absolute atomic E-state index is 0.601. The molecule has 2 heterocycles. The summed E-state index contributed by atoms with van der Waals surface area (Å²) in [7, 11) is 0. The standard InChI is InChI=1S/C15H15N3OS/c1-11-17-15(18-19-11)9-16-8-14-7-13(10-20-14)12-5-3-2-4-6-12/h2-7,10,16H,8-9H2,1H3. The van der Waals surface area contributed by atoms with E-state index in [1.807, 2.05) is 6.07 Å². The Morgan fingerprint density at radius 2 is 2.00 bits per heavy atom. The summed E-state index contributed by atoms with van der Waals surface area (Å²) in [6.45, 7) is 3.23. The van der Waals surface area contributed by atoms with Gasteiger partial charge in [-0.15, -0.1) is 11.3 Å². The molecular weight excluding hydrogens is 270 g/mol. The minimum atomic E-state index is 0.601. The molecule has 0 spiro atoms. The van der Waals surface area contributed by atoms with E-state index in [9.17, 15) is 0 Å². The minimum Gasteiger partial charge on any atom is -0.340 e. The van der Waals surface area contributed by atoms with Crippen LogP contribution in [0.3, 0.4) is 0 Å². The van der Waals surface area contributed by atoms with Crippen molar-refractivity contribution >= 4 is 11.3 Å². The molecule has 20 heavy (non-hydrogen) atoms. The summed E-state index contributed by atoms with van der Waals surface area (Å²) in [6, 6.07) is 12.6. The van der Waals surface area contributed by atoms with Gasteiger partial charge in [-0.25, -0.2) is 0 Å². The molecule has 0 amide bonds. The van der Waals surface area contributed by atoms with Crippen LogP contribution in [0.5, 0.6) is 0 Å². The van der Waals surface area contributed by atoms with Gasteiger partial charge in [0, 0.05) is 18.3 Å². The summed E-state index contributed by atoms with van der Waals surface area (Å²) < 4.78 is 4.93. The average Bonchev–Trinajstić information content (AvgIpc) is 3.09. The van der Waals surface area contributed by atoms with Crippen molar-refractivity contribution in [3.63, 3.8) is 0 Å². The number of aryl methyl sites for hydroxylation is 1. The van der Waals surface area contributed by atoms with Crippen molar-refractivity contribution < 1.29 is 4.52 Å². The molecular formula is C15H15N3OS. The largest absolute Gasteiger partial charge is 0.340 e. The van der Waals surface area contributed by atoms with E-state index < -0.39 is 0 Å². The van der Waals surface area contributed by atoms with Crippen LogP contribution in [0.4, 0.5) is 0 Å². The Kier molecular flexibility index (Phi) is 3.90. The average molecular weight is 285 g/mol. The van der Waals surface area contributed by atoms with E-state index in [0.29, 0.717) is 18.3 Å². The van der Waals surface area contributed by atoms with Crippen LogP contribution in [0.15, 0.2) is 46.3 Å². The molecule has 3 aromatic rings. The van der Waals surface area contributed by atoms with Crippen LogP contribution >= 0.6 is 11.3 Å². The highest BCUT2D eigenvalue weighted by atomic mass is 32.1. The number of thiophene rings is 1. The highest BCUT2D eigenvalue weighted by Gasteiger charge is 2.04. The smallest absolute Gasteiger partial charge is 0.223 e. The first-order valence-electron chi connectivity index (χ1n) is 6.44. The van der Waals surface area contributed by atoms with Gasteiger partial charge in [0.25, 0.3) is 0 Å². The van der Waals surface area contributed by atoms with Crippen LogP contribution < -0.4 is 5.32 Å². The molecule has 4 nitrogen and oxygen atoms in total. The number of hydrogen-bond acceptors (Lipinski definition) is 5. The Balaban J connectivity index is 1.58. The quantitative estimate of drug-likeness (QED) is 0.780. The highest BCUT2D eigenvalue weighted by Crippen LogP contribution is 2.25. The third-order valence-electron chi connectivity index (χ3n) is 2.91. The Morgan fingerprint density at radius 1 is 1.15 bits per heavy atom. The molecule has 0 saturated carbocycles. The topological polar surface area (TPSA) is 51.0 Å². The molecule has 0 radical (unpaired) electrons. The molecule has 1 aromatic carbocycles. The van der Waals surface area contributed by atoms with Crippen molar-refractivity contribution in [1.82, 2.24) is 15.5 Å². The van der Waals surface area contributed by atoms with Gasteiger partial charge in [-0.1, -0.05) is 35.5 Å². The summed E-state index contributed by atoms with van der Waals surface area (Å²) in [5.74, 6) is 1.30. The van der Waals surface area contributed by atoms with E-state index in [4.69, 9.17) is 4.52 Å². The van der Waals surface area contributed by atoms with Gasteiger partial charge in [-0.05, 0) is 22.6 Å². The zero-order chi connectivity index (χ0) is 13.8. The molecule has 0 bridgehead atoms. The fraction of sp³-hybridized carbons (Fsp3) is 0.200. The number of rotatable bonds is 5. The van der Waals surface area contributed by atoms with E-state index in [2.05, 4.69) is 51.2 Å². The van der Waals surface area contributed by atoms with E-state index in [1.165, 1.54) is 16.0 Å². The molecule has 3 rings (SSSR count). The molecule has 2 aromatic heterocycles. The van der Waals surface area contributed by atoms with Crippen LogP contribution in [0, 0.1) is 6.92 Å². The number of benzene rings is 1. The lowest BCUT2D eigenvalue weighted by Crippen LogP contribution is -2.12. The first-order valence-corrected chi connectivity index (χ1v) is 7.32. The lowest BCUT2D eigenvalue weighted by Gasteiger charge is -1.98. The fourth-order valence-electron chi connectivity index (χ4n) is 1.97. The Morgan fingerprint density at radius 3 is 2.75 bits per heavy atom. The fourth-order valence-corrected chi connectivity index (χ4v) is 2.83. The number of nitrogens with one attached hydrogen (secondary N) is 1. The Hall–Kier alpha value is -1.98. The number of nitrogens with zero attached hydrogens (tertiary/aromatic N) is 2. The predicted molar refractivity (Wildman–Crippen MR) is 79.3 cm³/mol. The van der Waals surface area contributed by atoms with E-state index in [0.717, 1.165) is 6.54 Å². The SMILES string of the molecule is Cc1nc(CNCc2cc(-c3ccccc3)cs2)no1. The summed E-state index contributed by atoms with van der Waals surface area (Å²) in [5.41, 5.74) is 2.52. The van der Waals surface area contributed by atoms with Gasteiger partial charge in [-0.3, -0.25) is 0 Å². The van der Waals surface area contributed by atoms with Gasteiger partial charge in [0.15, 0.2) is 5.82 Å². The van der Waals surface area contributed by atoms with Gasteiger partial charge < -0.3 is 9.84 Å². The first-order chi connectivity index (χ1) is 9.81. The predicted octanol–water partition coefficient (Wildman–Crippen LogP) is 3.40. The molecule has 0 saturated heterocycles. The lowest BCUT2D eigenvalue weighted by atomic mass is 10.1. The van der Waals surface area contributed by atoms with Crippen LogP contribution in [0.1, 0.15) is 16.6 Å². The van der Waals surface area contributed by atoms with Crippen molar-refractivity contribution in [2.24, 2.45) is 0 Å². The third-order valence-corrected chi connectivity index (χ3v) is 3.85. The maximum atomic E-state index is 4.93. The van der Waals surface area contributed by atoms with Crippen LogP contribution in [0.25, 0.3) is 11.1 Å². The van der Waals surface area contributed by atoms with Crippen molar-refractivity contribution in [1.29, 1.82) is 0 Å². The normalized spacial score (nSPS) is 10.8. The van der Waals surface area contributed by atoms with Gasteiger partial charge in [0.1, 0.15) is 0 Å². The number of aromatic nitrogens is 2. The maximum absolute atomic E-state index is 4.93. The molecule has 5 heteroatoms. The second-order valence-corrected chi connectivity index (χ2v) is 5.50. The second-order valence-electron chi connectivity index (χ2n) is 4.50. The maximum Gasteiger partial charge on any atom is 0.223 e. The van der Waals surface area contributed by atoms with Gasteiger partial charge in [0.2, 0.25) is 5.89 Å². The molecule has 1 N–H and O–H groups in total. The number of hydrogen-bond donors (Lipinski definition) is 1. The molecule has 0 fully saturated rings. The highest BCUT2D eigenvalue weighted by molar-refractivity contribution is 7.10. The molecule has 0 unspecified atom stereocenters. The molecule has 0 atom stereocenters.